The average Bonchev–Trinajstić information content (AvgIpc) is 2.43. The van der Waals surface area contributed by atoms with E-state index in [1.807, 2.05) is 6.07 Å². The molecule has 0 aromatic heterocycles. The van der Waals surface area contributed by atoms with E-state index < -0.39 is 0 Å². The average molecular weight is 281 g/mol. The molecular formula is C16H25ClN2. The Morgan fingerprint density at radius 1 is 1.32 bits per heavy atom. The summed E-state index contributed by atoms with van der Waals surface area (Å²) in [6.45, 7) is 6.23. The van der Waals surface area contributed by atoms with Crippen LogP contribution in [0.4, 0.5) is 0 Å². The predicted octanol–water partition coefficient (Wildman–Crippen LogP) is 3.81. The standard InChI is InChI=1S/C16H25ClN2/c1-2-3-13-6-8-19(9-7-13)12-15-5-4-14(11-18)10-16(15)17/h4-5,10,13H,2-3,6-9,11-12,18H2,1H3. The van der Waals surface area contributed by atoms with Gasteiger partial charge in [0.05, 0.1) is 0 Å². The molecule has 19 heavy (non-hydrogen) atoms. The van der Waals surface area contributed by atoms with Crippen molar-refractivity contribution < 1.29 is 0 Å². The maximum absolute atomic E-state index is 6.32. The molecule has 0 amide bonds. The van der Waals surface area contributed by atoms with Gasteiger partial charge in [-0.05, 0) is 49.0 Å². The normalized spacial score (nSPS) is 17.8. The minimum absolute atomic E-state index is 0.558. The second-order valence-corrected chi connectivity index (χ2v) is 6.05. The minimum atomic E-state index is 0.558. The Bertz CT molecular complexity index is 398. The molecule has 2 rings (SSSR count). The van der Waals surface area contributed by atoms with Crippen LogP contribution >= 0.6 is 11.6 Å². The Morgan fingerprint density at radius 2 is 2.05 bits per heavy atom. The van der Waals surface area contributed by atoms with E-state index in [9.17, 15) is 0 Å². The van der Waals surface area contributed by atoms with Crippen molar-refractivity contribution in [1.82, 2.24) is 4.90 Å². The number of nitrogens with zero attached hydrogens (tertiary/aromatic N) is 1. The minimum Gasteiger partial charge on any atom is -0.326 e. The van der Waals surface area contributed by atoms with Crippen molar-refractivity contribution in [1.29, 1.82) is 0 Å². The van der Waals surface area contributed by atoms with Gasteiger partial charge in [-0.2, -0.15) is 0 Å². The second kappa shape index (κ2) is 7.28. The quantitative estimate of drug-likeness (QED) is 0.889. The zero-order chi connectivity index (χ0) is 13.7. The number of rotatable bonds is 5. The SMILES string of the molecule is CCCC1CCN(Cc2ccc(CN)cc2Cl)CC1. The summed E-state index contributed by atoms with van der Waals surface area (Å²) >= 11 is 6.32. The van der Waals surface area contributed by atoms with Gasteiger partial charge >= 0.3 is 0 Å². The van der Waals surface area contributed by atoms with Gasteiger partial charge in [0.25, 0.3) is 0 Å². The summed E-state index contributed by atoms with van der Waals surface area (Å²) in [6.07, 6.45) is 5.38. The van der Waals surface area contributed by atoms with E-state index in [2.05, 4.69) is 24.0 Å². The van der Waals surface area contributed by atoms with Gasteiger partial charge in [0, 0.05) is 18.1 Å². The van der Waals surface area contributed by atoms with E-state index in [-0.39, 0.29) is 0 Å². The van der Waals surface area contributed by atoms with Crippen molar-refractivity contribution in [3.8, 4) is 0 Å². The highest BCUT2D eigenvalue weighted by molar-refractivity contribution is 6.31. The zero-order valence-electron chi connectivity index (χ0n) is 11.9. The van der Waals surface area contributed by atoms with E-state index in [1.165, 1.54) is 44.3 Å². The molecule has 2 nitrogen and oxygen atoms in total. The first-order valence-electron chi connectivity index (χ1n) is 7.42. The number of piperidine rings is 1. The molecule has 0 bridgehead atoms. The molecule has 1 saturated heterocycles. The molecule has 0 saturated carbocycles. The number of benzene rings is 1. The zero-order valence-corrected chi connectivity index (χ0v) is 12.6. The molecule has 2 N–H and O–H groups in total. The largest absolute Gasteiger partial charge is 0.326 e. The van der Waals surface area contributed by atoms with Gasteiger partial charge in [-0.25, -0.2) is 0 Å². The lowest BCUT2D eigenvalue weighted by atomic mass is 9.92. The first-order valence-corrected chi connectivity index (χ1v) is 7.80. The number of likely N-dealkylation sites (tertiary alicyclic amines) is 1. The molecule has 1 aliphatic rings. The van der Waals surface area contributed by atoms with Crippen molar-refractivity contribution in [3.63, 3.8) is 0 Å². The summed E-state index contributed by atoms with van der Waals surface area (Å²) in [7, 11) is 0. The van der Waals surface area contributed by atoms with Crippen LogP contribution in [-0.2, 0) is 13.1 Å². The fourth-order valence-corrected chi connectivity index (χ4v) is 3.19. The Labute approximate surface area is 121 Å². The Balaban J connectivity index is 1.88. The third-order valence-corrected chi connectivity index (χ3v) is 4.50. The molecule has 0 radical (unpaired) electrons. The molecule has 0 unspecified atom stereocenters. The van der Waals surface area contributed by atoms with Gasteiger partial charge in [0.2, 0.25) is 0 Å². The summed E-state index contributed by atoms with van der Waals surface area (Å²) in [6, 6.07) is 6.22. The summed E-state index contributed by atoms with van der Waals surface area (Å²) in [5.41, 5.74) is 7.96. The van der Waals surface area contributed by atoms with E-state index in [1.54, 1.807) is 0 Å². The number of hydrogen-bond acceptors (Lipinski definition) is 2. The molecule has 106 valence electrons. The van der Waals surface area contributed by atoms with E-state index in [0.717, 1.165) is 23.0 Å². The smallest absolute Gasteiger partial charge is 0.0454 e. The van der Waals surface area contributed by atoms with Gasteiger partial charge < -0.3 is 5.73 Å². The lowest BCUT2D eigenvalue weighted by Crippen LogP contribution is -2.33. The van der Waals surface area contributed by atoms with Crippen molar-refractivity contribution in [2.24, 2.45) is 11.7 Å². The molecule has 0 spiro atoms. The van der Waals surface area contributed by atoms with Crippen LogP contribution in [0.1, 0.15) is 43.7 Å². The maximum Gasteiger partial charge on any atom is 0.0454 e. The topological polar surface area (TPSA) is 29.3 Å². The van der Waals surface area contributed by atoms with Crippen molar-refractivity contribution in [3.05, 3.63) is 34.3 Å². The molecular weight excluding hydrogens is 256 g/mol. The van der Waals surface area contributed by atoms with Crippen LogP contribution < -0.4 is 5.73 Å². The molecule has 1 heterocycles. The van der Waals surface area contributed by atoms with Crippen LogP contribution in [0.5, 0.6) is 0 Å². The van der Waals surface area contributed by atoms with Crippen LogP contribution in [0.15, 0.2) is 18.2 Å². The highest BCUT2D eigenvalue weighted by atomic mass is 35.5. The lowest BCUT2D eigenvalue weighted by molar-refractivity contribution is 0.172. The van der Waals surface area contributed by atoms with Crippen molar-refractivity contribution >= 4 is 11.6 Å². The van der Waals surface area contributed by atoms with Gasteiger partial charge in [0.15, 0.2) is 0 Å². The Hall–Kier alpha value is -0.570. The highest BCUT2D eigenvalue weighted by Gasteiger charge is 2.19. The second-order valence-electron chi connectivity index (χ2n) is 5.64. The van der Waals surface area contributed by atoms with E-state index >= 15 is 0 Å². The molecule has 1 aliphatic heterocycles. The van der Waals surface area contributed by atoms with Gasteiger partial charge in [0.1, 0.15) is 0 Å². The predicted molar refractivity (Wildman–Crippen MR) is 82.3 cm³/mol. The maximum atomic E-state index is 6.32. The van der Waals surface area contributed by atoms with Crippen LogP contribution in [0, 0.1) is 5.92 Å². The first kappa shape index (κ1) is 14.8. The van der Waals surface area contributed by atoms with Crippen LogP contribution in [0.2, 0.25) is 5.02 Å². The Kier molecular flexibility index (Phi) is 5.68. The van der Waals surface area contributed by atoms with Crippen LogP contribution in [0.3, 0.4) is 0 Å². The third-order valence-electron chi connectivity index (χ3n) is 4.15. The van der Waals surface area contributed by atoms with Crippen molar-refractivity contribution in [2.45, 2.75) is 45.7 Å². The lowest BCUT2D eigenvalue weighted by Gasteiger charge is -2.32. The van der Waals surface area contributed by atoms with Crippen molar-refractivity contribution in [2.75, 3.05) is 13.1 Å². The molecule has 0 atom stereocenters. The third kappa shape index (κ3) is 4.20. The summed E-state index contributed by atoms with van der Waals surface area (Å²) < 4.78 is 0. The molecule has 1 aromatic carbocycles. The molecule has 3 heteroatoms. The fourth-order valence-electron chi connectivity index (χ4n) is 2.93. The van der Waals surface area contributed by atoms with Gasteiger partial charge in [-0.15, -0.1) is 0 Å². The van der Waals surface area contributed by atoms with Gasteiger partial charge in [-0.1, -0.05) is 43.5 Å². The van der Waals surface area contributed by atoms with E-state index in [4.69, 9.17) is 17.3 Å². The summed E-state index contributed by atoms with van der Waals surface area (Å²) in [5, 5.41) is 0.860. The van der Waals surface area contributed by atoms with Crippen LogP contribution in [-0.4, -0.2) is 18.0 Å². The molecule has 1 fully saturated rings. The number of nitrogens with two attached hydrogens (primary N) is 1. The summed E-state index contributed by atoms with van der Waals surface area (Å²) in [5.74, 6) is 0.941. The fraction of sp³-hybridized carbons (Fsp3) is 0.625. The highest BCUT2D eigenvalue weighted by Crippen LogP contribution is 2.25. The number of hydrogen-bond donors (Lipinski definition) is 1. The first-order chi connectivity index (χ1) is 9.22. The molecule has 1 aromatic rings. The monoisotopic (exact) mass is 280 g/mol. The summed E-state index contributed by atoms with van der Waals surface area (Å²) in [4.78, 5) is 2.52. The number of halogens is 1. The Morgan fingerprint density at radius 3 is 2.63 bits per heavy atom. The molecule has 0 aliphatic carbocycles. The van der Waals surface area contributed by atoms with E-state index in [0.29, 0.717) is 6.54 Å². The van der Waals surface area contributed by atoms with Gasteiger partial charge in [-0.3, -0.25) is 4.90 Å². The van der Waals surface area contributed by atoms with Crippen LogP contribution in [0.25, 0.3) is 0 Å².